The molecular formula is C24H19Cl3N2O. The second-order valence-corrected chi connectivity index (χ2v) is 8.54. The molecule has 30 heavy (non-hydrogen) atoms. The van der Waals surface area contributed by atoms with Crippen LogP contribution in [-0.2, 0) is 6.61 Å². The van der Waals surface area contributed by atoms with Gasteiger partial charge in [-0.2, -0.15) is 0 Å². The van der Waals surface area contributed by atoms with Gasteiger partial charge in [0.2, 0.25) is 0 Å². The molecule has 2 heterocycles. The van der Waals surface area contributed by atoms with Gasteiger partial charge < -0.3 is 5.11 Å². The molecule has 0 aliphatic rings. The zero-order valence-electron chi connectivity index (χ0n) is 16.5. The van der Waals surface area contributed by atoms with Crippen LogP contribution in [0.25, 0.3) is 33.3 Å². The van der Waals surface area contributed by atoms with Crippen molar-refractivity contribution in [3.63, 3.8) is 0 Å². The van der Waals surface area contributed by atoms with Crippen molar-refractivity contribution in [2.75, 3.05) is 0 Å². The van der Waals surface area contributed by atoms with E-state index in [0.717, 1.165) is 38.7 Å². The number of hydrogen-bond donors (Lipinski definition) is 1. The molecule has 2 aromatic heterocycles. The molecule has 3 nitrogen and oxygen atoms in total. The number of aromatic nitrogens is 2. The molecule has 1 N–H and O–H groups in total. The molecule has 0 saturated heterocycles. The molecule has 0 aliphatic carbocycles. The summed E-state index contributed by atoms with van der Waals surface area (Å²) in [6.45, 7) is 3.90. The maximum Gasteiger partial charge on any atom is 0.134 e. The largest absolute Gasteiger partial charge is 0.392 e. The lowest BCUT2D eigenvalue weighted by Crippen LogP contribution is -1.98. The summed E-state index contributed by atoms with van der Waals surface area (Å²) < 4.78 is 0. The first-order chi connectivity index (χ1) is 14.4. The number of aliphatic hydroxyl groups excluding tert-OH is 1. The van der Waals surface area contributed by atoms with Crippen molar-refractivity contribution in [3.05, 3.63) is 81.1 Å². The van der Waals surface area contributed by atoms with E-state index in [4.69, 9.17) is 34.8 Å². The smallest absolute Gasteiger partial charge is 0.134 e. The van der Waals surface area contributed by atoms with Gasteiger partial charge in [0.05, 0.1) is 22.8 Å². The second-order valence-electron chi connectivity index (χ2n) is 7.37. The number of pyridine rings is 2. The predicted molar refractivity (Wildman–Crippen MR) is 125 cm³/mol. The molecule has 0 unspecified atom stereocenters. The minimum atomic E-state index is -0.160. The van der Waals surface area contributed by atoms with E-state index in [-0.39, 0.29) is 12.5 Å². The summed E-state index contributed by atoms with van der Waals surface area (Å²) in [5.74, 6) is 0.142. The Kier molecular flexibility index (Phi) is 5.99. The number of aliphatic hydroxyl groups is 1. The first-order valence-electron chi connectivity index (χ1n) is 9.54. The maximum absolute atomic E-state index is 10.2. The average Bonchev–Trinajstić information content (AvgIpc) is 2.72. The van der Waals surface area contributed by atoms with Crippen LogP contribution in [0.5, 0.6) is 0 Å². The van der Waals surface area contributed by atoms with Crippen LogP contribution in [0.15, 0.2) is 54.7 Å². The van der Waals surface area contributed by atoms with Crippen molar-refractivity contribution < 1.29 is 5.11 Å². The van der Waals surface area contributed by atoms with Gasteiger partial charge >= 0.3 is 0 Å². The zero-order valence-corrected chi connectivity index (χ0v) is 18.7. The number of hydrogen-bond acceptors (Lipinski definition) is 3. The van der Waals surface area contributed by atoms with Gasteiger partial charge in [0, 0.05) is 33.3 Å². The lowest BCUT2D eigenvalue weighted by Gasteiger charge is -2.15. The second kappa shape index (κ2) is 8.52. The third-order valence-corrected chi connectivity index (χ3v) is 6.04. The highest BCUT2D eigenvalue weighted by Crippen LogP contribution is 2.38. The molecule has 0 saturated carbocycles. The summed E-state index contributed by atoms with van der Waals surface area (Å²) in [7, 11) is 0. The van der Waals surface area contributed by atoms with Gasteiger partial charge in [0.25, 0.3) is 0 Å². The minimum Gasteiger partial charge on any atom is -0.392 e. The minimum absolute atomic E-state index is 0.142. The molecule has 4 rings (SSSR count). The van der Waals surface area contributed by atoms with Crippen LogP contribution in [0, 0.1) is 0 Å². The molecule has 0 bridgehead atoms. The summed E-state index contributed by atoms with van der Waals surface area (Å²) >= 11 is 19.2. The van der Waals surface area contributed by atoms with Crippen molar-refractivity contribution in [2.45, 2.75) is 26.4 Å². The summed E-state index contributed by atoms with van der Waals surface area (Å²) in [5.41, 5.74) is 5.60. The Morgan fingerprint density at radius 3 is 2.47 bits per heavy atom. The zero-order chi connectivity index (χ0) is 21.4. The van der Waals surface area contributed by atoms with E-state index in [2.05, 4.69) is 9.97 Å². The fraction of sp³-hybridized carbons (Fsp3) is 0.167. The number of nitrogens with zero attached hydrogens (tertiary/aromatic N) is 2. The number of benzene rings is 2. The first-order valence-corrected chi connectivity index (χ1v) is 10.7. The molecule has 4 aromatic rings. The van der Waals surface area contributed by atoms with E-state index >= 15 is 0 Å². The van der Waals surface area contributed by atoms with Crippen LogP contribution < -0.4 is 0 Å². The molecule has 6 heteroatoms. The fourth-order valence-electron chi connectivity index (χ4n) is 3.68. The van der Waals surface area contributed by atoms with Crippen molar-refractivity contribution in [1.82, 2.24) is 9.97 Å². The predicted octanol–water partition coefficient (Wildman–Crippen LogP) is 7.54. The quantitative estimate of drug-likeness (QED) is 0.322. The van der Waals surface area contributed by atoms with Crippen LogP contribution in [0.1, 0.15) is 30.9 Å². The Morgan fingerprint density at radius 2 is 1.77 bits per heavy atom. The molecule has 0 fully saturated rings. The van der Waals surface area contributed by atoms with Crippen LogP contribution in [0.3, 0.4) is 0 Å². The Hall–Kier alpha value is -2.17. The molecule has 0 atom stereocenters. The molecular weight excluding hydrogens is 439 g/mol. The van der Waals surface area contributed by atoms with Gasteiger partial charge in [-0.15, -0.1) is 0 Å². The van der Waals surface area contributed by atoms with Crippen molar-refractivity contribution in [3.8, 4) is 22.4 Å². The van der Waals surface area contributed by atoms with Crippen molar-refractivity contribution >= 4 is 45.7 Å². The molecule has 0 amide bonds. The molecule has 152 valence electrons. The Labute approximate surface area is 190 Å². The van der Waals surface area contributed by atoms with E-state index in [1.54, 1.807) is 6.20 Å². The fourth-order valence-corrected chi connectivity index (χ4v) is 4.78. The van der Waals surface area contributed by atoms with E-state index in [1.165, 1.54) is 0 Å². The van der Waals surface area contributed by atoms with E-state index < -0.39 is 0 Å². The summed E-state index contributed by atoms with van der Waals surface area (Å²) in [4.78, 5) is 9.06. The highest BCUT2D eigenvalue weighted by Gasteiger charge is 2.18. The molecule has 2 aromatic carbocycles. The highest BCUT2D eigenvalue weighted by molar-refractivity contribution is 6.39. The SMILES string of the molecule is CC(C)c1c(Cl)nc2ccc(-c3nccc(-c4cccc(Cl)c4)c3CO)cc2c1Cl. The normalized spacial score (nSPS) is 11.4. The van der Waals surface area contributed by atoms with Crippen LogP contribution >= 0.6 is 34.8 Å². The summed E-state index contributed by atoms with van der Waals surface area (Å²) in [5, 5.41) is 12.6. The molecule has 0 radical (unpaired) electrons. The number of rotatable bonds is 4. The monoisotopic (exact) mass is 456 g/mol. The third-order valence-electron chi connectivity index (χ3n) is 5.11. The Bertz CT molecular complexity index is 1250. The Balaban J connectivity index is 1.93. The summed E-state index contributed by atoms with van der Waals surface area (Å²) in [6.07, 6.45) is 1.73. The van der Waals surface area contributed by atoms with Crippen LogP contribution in [-0.4, -0.2) is 15.1 Å². The highest BCUT2D eigenvalue weighted by atomic mass is 35.5. The lowest BCUT2D eigenvalue weighted by atomic mass is 9.95. The van der Waals surface area contributed by atoms with Crippen LogP contribution in [0.4, 0.5) is 0 Å². The van der Waals surface area contributed by atoms with Gasteiger partial charge in [-0.05, 0) is 47.4 Å². The lowest BCUT2D eigenvalue weighted by molar-refractivity contribution is 0.282. The molecule has 0 aliphatic heterocycles. The standard InChI is InChI=1S/C24H19Cl3N2O/c1-13(2)21-22(26)18-11-15(6-7-20(18)29-24(21)27)23-19(12-30)17(8-9-28-23)14-4-3-5-16(25)10-14/h3-11,13,30H,12H2,1-2H3. The van der Waals surface area contributed by atoms with E-state index in [1.807, 2.05) is 62.4 Å². The van der Waals surface area contributed by atoms with Crippen molar-refractivity contribution in [1.29, 1.82) is 0 Å². The van der Waals surface area contributed by atoms with Crippen molar-refractivity contribution in [2.24, 2.45) is 0 Å². The Morgan fingerprint density at radius 1 is 0.967 bits per heavy atom. The van der Waals surface area contributed by atoms with E-state index in [0.29, 0.717) is 20.9 Å². The first kappa shape index (κ1) is 21.1. The average molecular weight is 458 g/mol. The van der Waals surface area contributed by atoms with Crippen LogP contribution in [0.2, 0.25) is 15.2 Å². The van der Waals surface area contributed by atoms with Gasteiger partial charge in [-0.1, -0.05) is 66.8 Å². The van der Waals surface area contributed by atoms with Gasteiger partial charge in [0.1, 0.15) is 5.15 Å². The van der Waals surface area contributed by atoms with E-state index in [9.17, 15) is 5.11 Å². The maximum atomic E-state index is 10.2. The van der Waals surface area contributed by atoms with Gasteiger partial charge in [0.15, 0.2) is 0 Å². The van der Waals surface area contributed by atoms with Gasteiger partial charge in [-0.25, -0.2) is 4.98 Å². The topological polar surface area (TPSA) is 46.0 Å². The van der Waals surface area contributed by atoms with Gasteiger partial charge in [-0.3, -0.25) is 4.98 Å². The molecule has 0 spiro atoms. The number of halogens is 3. The number of fused-ring (bicyclic) bond motifs is 1. The third kappa shape index (κ3) is 3.79. The summed E-state index contributed by atoms with van der Waals surface area (Å²) in [6, 6.07) is 15.2.